The average Bonchev–Trinajstić information content (AvgIpc) is 2.99. The smallest absolute Gasteiger partial charge is 0.291 e. The molecule has 0 amide bonds. The Hall–Kier alpha value is -1.90. The van der Waals surface area contributed by atoms with Crippen LogP contribution in [-0.2, 0) is 4.74 Å². The molecule has 0 bridgehead atoms. The lowest BCUT2D eigenvalue weighted by atomic mass is 10.2. The summed E-state index contributed by atoms with van der Waals surface area (Å²) in [6.45, 7) is 2.09. The molecule has 2 aromatic rings. The van der Waals surface area contributed by atoms with Crippen molar-refractivity contribution in [2.24, 2.45) is 0 Å². The normalized spacial score (nSPS) is 10.7. The second kappa shape index (κ2) is 10.8. The summed E-state index contributed by atoms with van der Waals surface area (Å²) in [6, 6.07) is 5.35. The molecule has 0 saturated heterocycles. The molecule has 7 nitrogen and oxygen atoms in total. The molecule has 1 aromatic heterocycles. The summed E-state index contributed by atoms with van der Waals surface area (Å²) in [5.41, 5.74) is 0.807. The van der Waals surface area contributed by atoms with Crippen molar-refractivity contribution in [1.82, 2.24) is 9.55 Å². The zero-order chi connectivity index (χ0) is 17.9. The van der Waals surface area contributed by atoms with Crippen LogP contribution in [0.15, 0.2) is 36.9 Å². The molecule has 1 N–H and O–H groups in total. The summed E-state index contributed by atoms with van der Waals surface area (Å²) in [5.74, 6) is 2.24. The van der Waals surface area contributed by atoms with Crippen molar-refractivity contribution in [2.75, 3.05) is 11.7 Å². The van der Waals surface area contributed by atoms with Crippen molar-refractivity contribution >= 4 is 46.9 Å². The number of rotatable bonds is 6. The quantitative estimate of drug-likeness (QED) is 0.256. The SMILES string of the molecule is CCSCOC(=Cn1ccnc1)c1ccc(Cl)cc1Cl.O=[N+]([O-])O. The van der Waals surface area contributed by atoms with Gasteiger partial charge in [-0.15, -0.1) is 21.9 Å². The Morgan fingerprint density at radius 1 is 1.54 bits per heavy atom. The minimum Gasteiger partial charge on any atom is -0.481 e. The highest BCUT2D eigenvalue weighted by atomic mass is 35.5. The Kier molecular flexibility index (Phi) is 9.06. The van der Waals surface area contributed by atoms with Crippen LogP contribution in [0.5, 0.6) is 0 Å². The Labute approximate surface area is 153 Å². The van der Waals surface area contributed by atoms with Gasteiger partial charge < -0.3 is 14.5 Å². The lowest BCUT2D eigenvalue weighted by Crippen LogP contribution is -1.96. The molecule has 1 aromatic carbocycles. The lowest BCUT2D eigenvalue weighted by molar-refractivity contribution is -0.742. The van der Waals surface area contributed by atoms with Crippen molar-refractivity contribution in [1.29, 1.82) is 0 Å². The first-order chi connectivity index (χ1) is 11.4. The van der Waals surface area contributed by atoms with Crippen LogP contribution < -0.4 is 0 Å². The van der Waals surface area contributed by atoms with Gasteiger partial charge in [-0.2, -0.15) is 0 Å². The molecule has 1 heterocycles. The number of hydrogen-bond donors (Lipinski definition) is 1. The standard InChI is InChI=1S/C14H14Cl2N2OS.HNO3/c1-2-20-10-19-14(8-18-6-5-17-9-18)12-4-3-11(15)7-13(12)16;2-1(3)4/h3-9H,2,10H2,1H3;(H,2,3,4). The fourth-order valence-corrected chi connectivity index (χ4v) is 2.42. The van der Waals surface area contributed by atoms with Gasteiger partial charge in [-0.1, -0.05) is 30.1 Å². The molecule has 10 heteroatoms. The molecule has 0 aliphatic heterocycles. The summed E-state index contributed by atoms with van der Waals surface area (Å²) in [6.07, 6.45) is 7.08. The fraction of sp³-hybridized carbons (Fsp3) is 0.214. The topological polar surface area (TPSA) is 90.4 Å². The van der Waals surface area contributed by atoms with E-state index in [1.54, 1.807) is 36.4 Å². The maximum atomic E-state index is 8.36. The first-order valence-electron chi connectivity index (χ1n) is 6.62. The molecule has 0 aliphatic carbocycles. The molecular weight excluding hydrogens is 377 g/mol. The molecular formula is C14H15Cl2N3O4S. The summed E-state index contributed by atoms with van der Waals surface area (Å²) >= 11 is 13.9. The molecule has 0 saturated carbocycles. The predicted octanol–water partition coefficient (Wildman–Crippen LogP) is 4.53. The van der Waals surface area contributed by atoms with Crippen LogP contribution in [0.1, 0.15) is 12.5 Å². The van der Waals surface area contributed by atoms with Crippen LogP contribution in [0.4, 0.5) is 0 Å². The van der Waals surface area contributed by atoms with Crippen molar-refractivity contribution in [2.45, 2.75) is 6.92 Å². The third-order valence-electron chi connectivity index (χ3n) is 2.49. The van der Waals surface area contributed by atoms with Gasteiger partial charge in [-0.05, 0) is 24.0 Å². The molecule has 0 unspecified atom stereocenters. The van der Waals surface area contributed by atoms with E-state index in [4.69, 9.17) is 43.3 Å². The van der Waals surface area contributed by atoms with Crippen LogP contribution >= 0.6 is 35.0 Å². The highest BCUT2D eigenvalue weighted by molar-refractivity contribution is 7.99. The summed E-state index contributed by atoms with van der Waals surface area (Å²) in [4.78, 5) is 12.4. The number of imidazole rings is 1. The van der Waals surface area contributed by atoms with Gasteiger partial charge in [0, 0.05) is 23.0 Å². The predicted molar refractivity (Wildman–Crippen MR) is 95.7 cm³/mol. The number of thioether (sulfide) groups is 1. The third kappa shape index (κ3) is 7.58. The minimum absolute atomic E-state index is 0.561. The Balaban J connectivity index is 0.000000648. The van der Waals surface area contributed by atoms with E-state index in [0.717, 1.165) is 11.3 Å². The first-order valence-corrected chi connectivity index (χ1v) is 8.53. The van der Waals surface area contributed by atoms with E-state index in [2.05, 4.69) is 11.9 Å². The van der Waals surface area contributed by atoms with Crippen LogP contribution in [0.2, 0.25) is 10.0 Å². The van der Waals surface area contributed by atoms with E-state index < -0.39 is 5.09 Å². The van der Waals surface area contributed by atoms with Crippen molar-refractivity contribution in [3.8, 4) is 0 Å². The highest BCUT2D eigenvalue weighted by Gasteiger charge is 2.09. The second-order valence-corrected chi connectivity index (χ2v) is 6.19. The van der Waals surface area contributed by atoms with Gasteiger partial charge in [0.25, 0.3) is 5.09 Å². The van der Waals surface area contributed by atoms with Crippen molar-refractivity contribution in [3.05, 3.63) is 62.6 Å². The molecule has 0 radical (unpaired) electrons. The lowest BCUT2D eigenvalue weighted by Gasteiger charge is -2.12. The number of aromatic nitrogens is 2. The Bertz CT molecular complexity index is 677. The van der Waals surface area contributed by atoms with E-state index in [-0.39, 0.29) is 0 Å². The van der Waals surface area contributed by atoms with Gasteiger partial charge in [0.15, 0.2) is 0 Å². The summed E-state index contributed by atoms with van der Waals surface area (Å²) in [7, 11) is 0. The van der Waals surface area contributed by atoms with Gasteiger partial charge in [-0.25, -0.2) is 4.98 Å². The fourth-order valence-electron chi connectivity index (χ4n) is 1.54. The van der Waals surface area contributed by atoms with E-state index in [1.807, 2.05) is 23.0 Å². The average molecular weight is 392 g/mol. The maximum absolute atomic E-state index is 8.36. The van der Waals surface area contributed by atoms with Crippen LogP contribution in [0.25, 0.3) is 12.0 Å². The maximum Gasteiger partial charge on any atom is 0.291 e. The number of hydrogen-bond acceptors (Lipinski definition) is 5. The highest BCUT2D eigenvalue weighted by Crippen LogP contribution is 2.29. The zero-order valence-corrected chi connectivity index (χ0v) is 15.0. The molecule has 0 aliphatic rings. The van der Waals surface area contributed by atoms with Gasteiger partial charge in [-0.3, -0.25) is 0 Å². The minimum atomic E-state index is -1.50. The molecule has 2 rings (SSSR count). The van der Waals surface area contributed by atoms with Crippen molar-refractivity contribution < 1.29 is 15.0 Å². The summed E-state index contributed by atoms with van der Waals surface area (Å²) < 4.78 is 7.63. The number of ether oxygens (including phenoxy) is 1. The second-order valence-electron chi connectivity index (χ2n) is 4.12. The van der Waals surface area contributed by atoms with Gasteiger partial charge in [0.05, 0.1) is 17.5 Å². The van der Waals surface area contributed by atoms with E-state index >= 15 is 0 Å². The Morgan fingerprint density at radius 3 is 2.79 bits per heavy atom. The molecule has 0 spiro atoms. The van der Waals surface area contributed by atoms with E-state index in [9.17, 15) is 0 Å². The van der Waals surface area contributed by atoms with Gasteiger partial charge in [0.1, 0.15) is 11.7 Å². The third-order valence-corrected chi connectivity index (χ3v) is 3.73. The van der Waals surface area contributed by atoms with Crippen molar-refractivity contribution in [3.63, 3.8) is 0 Å². The summed E-state index contributed by atoms with van der Waals surface area (Å²) in [5, 5.41) is 14.8. The van der Waals surface area contributed by atoms with E-state index in [1.165, 1.54) is 0 Å². The Morgan fingerprint density at radius 2 is 2.25 bits per heavy atom. The zero-order valence-electron chi connectivity index (χ0n) is 12.6. The van der Waals surface area contributed by atoms with E-state index in [0.29, 0.717) is 21.7 Å². The number of benzene rings is 1. The number of nitrogens with zero attached hydrogens (tertiary/aromatic N) is 3. The van der Waals surface area contributed by atoms with Gasteiger partial charge in [0.2, 0.25) is 0 Å². The first kappa shape index (κ1) is 20.1. The molecule has 0 atom stereocenters. The molecule has 24 heavy (non-hydrogen) atoms. The molecule has 0 fully saturated rings. The van der Waals surface area contributed by atoms with Gasteiger partial charge >= 0.3 is 0 Å². The van der Waals surface area contributed by atoms with Crippen LogP contribution in [-0.4, -0.2) is 31.5 Å². The largest absolute Gasteiger partial charge is 0.481 e. The van der Waals surface area contributed by atoms with Crippen LogP contribution in [0, 0.1) is 10.1 Å². The number of halogens is 2. The van der Waals surface area contributed by atoms with Crippen LogP contribution in [0.3, 0.4) is 0 Å². The molecule has 130 valence electrons. The monoisotopic (exact) mass is 391 g/mol.